The molecule has 46 heavy (non-hydrogen) atoms. The number of unbranched alkanes of at least 4 members (excludes halogenated alkanes) is 3. The van der Waals surface area contributed by atoms with E-state index < -0.39 is 51.0 Å². The van der Waals surface area contributed by atoms with Crippen molar-refractivity contribution in [2.75, 3.05) is 37.6 Å². The summed E-state index contributed by atoms with van der Waals surface area (Å²) in [5, 5.41) is 0. The van der Waals surface area contributed by atoms with Gasteiger partial charge in [0.1, 0.15) is 15.9 Å². The Kier molecular flexibility index (Phi) is 9.59. The first-order valence-electron chi connectivity index (χ1n) is 14.4. The van der Waals surface area contributed by atoms with Gasteiger partial charge in [0.2, 0.25) is 10.0 Å². The lowest BCUT2D eigenvalue weighted by Crippen LogP contribution is -2.48. The zero-order valence-corrected chi connectivity index (χ0v) is 26.1. The van der Waals surface area contributed by atoms with E-state index >= 15 is 0 Å². The predicted molar refractivity (Wildman–Crippen MR) is 157 cm³/mol. The number of fused-ring (bicyclic) bond motifs is 1. The number of carbonyl (C=O) groups excluding carboxylic acids is 2. The predicted octanol–water partition coefficient (Wildman–Crippen LogP) is 5.88. The van der Waals surface area contributed by atoms with Crippen LogP contribution in [0.4, 0.5) is 32.0 Å². The summed E-state index contributed by atoms with van der Waals surface area (Å²) in [4.78, 5) is 28.6. The van der Waals surface area contributed by atoms with Gasteiger partial charge in [0.25, 0.3) is 11.8 Å². The highest BCUT2D eigenvalue weighted by Crippen LogP contribution is 2.43. The minimum atomic E-state index is -5.35. The third kappa shape index (κ3) is 6.82. The molecule has 0 atom stereocenters. The van der Waals surface area contributed by atoms with Gasteiger partial charge in [-0.3, -0.25) is 9.59 Å². The number of anilines is 1. The van der Waals surface area contributed by atoms with Crippen LogP contribution in [0.2, 0.25) is 0 Å². The Hall–Kier alpha value is -3.41. The average molecular weight is 690 g/mol. The monoisotopic (exact) mass is 689 g/mol. The second kappa shape index (κ2) is 13.0. The standard InChI is InChI=1S/C29H29F6N5O4S2/c1-18-20(27(42)40(26(18)41)19-10-11-21(28(30,31)32)22(17-19)29(33,34)35)7-4-2-3-5-12-38-13-15-39(16-14-38)46(43,44)24-9-6-8-23-25(24)37-45-36-23/h6,8-11,17H,2-5,7,12-16H2,1H3. The van der Waals surface area contributed by atoms with Crippen LogP contribution in [0.5, 0.6) is 0 Å². The van der Waals surface area contributed by atoms with E-state index in [1.54, 1.807) is 12.1 Å². The van der Waals surface area contributed by atoms with Crippen LogP contribution in [0, 0.1) is 0 Å². The number of amides is 2. The molecule has 3 aromatic rings. The van der Waals surface area contributed by atoms with Gasteiger partial charge in [0, 0.05) is 37.3 Å². The van der Waals surface area contributed by atoms with E-state index in [1.165, 1.54) is 17.3 Å². The third-order valence-electron chi connectivity index (χ3n) is 8.16. The summed E-state index contributed by atoms with van der Waals surface area (Å²) in [5.41, 5.74) is -3.37. The number of hydrogen-bond donors (Lipinski definition) is 0. The number of piperazine rings is 1. The zero-order valence-electron chi connectivity index (χ0n) is 24.5. The number of aromatic nitrogens is 2. The molecule has 0 N–H and O–H groups in total. The van der Waals surface area contributed by atoms with Crippen LogP contribution in [-0.4, -0.2) is 70.9 Å². The summed E-state index contributed by atoms with van der Waals surface area (Å²) >= 11 is 0.960. The first-order valence-corrected chi connectivity index (χ1v) is 16.6. The van der Waals surface area contributed by atoms with Crippen LogP contribution < -0.4 is 4.90 Å². The molecule has 17 heteroatoms. The molecule has 2 aliphatic rings. The van der Waals surface area contributed by atoms with E-state index in [1.807, 2.05) is 0 Å². The Morgan fingerprint density at radius 2 is 1.50 bits per heavy atom. The Labute approximate surface area is 264 Å². The highest BCUT2D eigenvalue weighted by Gasteiger charge is 2.45. The molecule has 0 unspecified atom stereocenters. The van der Waals surface area contributed by atoms with E-state index in [0.29, 0.717) is 61.0 Å². The fraction of sp³-hybridized carbons (Fsp3) is 0.448. The van der Waals surface area contributed by atoms with Gasteiger partial charge in [-0.15, -0.1) is 0 Å². The number of rotatable bonds is 10. The van der Waals surface area contributed by atoms with Crippen LogP contribution in [0.25, 0.3) is 11.0 Å². The van der Waals surface area contributed by atoms with Crippen molar-refractivity contribution < 1.29 is 44.3 Å². The Bertz CT molecular complexity index is 1780. The van der Waals surface area contributed by atoms with Crippen LogP contribution >= 0.6 is 11.7 Å². The van der Waals surface area contributed by atoms with Crippen molar-refractivity contribution >= 4 is 50.3 Å². The fourth-order valence-corrected chi connectivity index (χ4v) is 7.85. The SMILES string of the molecule is CC1=C(CCCCCCN2CCN(S(=O)(=O)c3cccc4nsnc34)CC2)C(=O)N(c2ccc(C(F)(F)F)c(C(F)(F)F)c2)C1=O. The molecule has 1 saturated heterocycles. The lowest BCUT2D eigenvalue weighted by Gasteiger charge is -2.34. The minimum Gasteiger partial charge on any atom is -0.301 e. The first-order chi connectivity index (χ1) is 21.6. The highest BCUT2D eigenvalue weighted by atomic mass is 32.2. The lowest BCUT2D eigenvalue weighted by atomic mass is 10.0. The van der Waals surface area contributed by atoms with Crippen LogP contribution in [-0.2, 0) is 32.0 Å². The number of halogens is 6. The van der Waals surface area contributed by atoms with Crippen LogP contribution in [0.3, 0.4) is 0 Å². The molecule has 9 nitrogen and oxygen atoms in total. The maximum absolute atomic E-state index is 13.4. The lowest BCUT2D eigenvalue weighted by molar-refractivity contribution is -0.162. The Morgan fingerprint density at radius 1 is 0.826 bits per heavy atom. The van der Waals surface area contributed by atoms with E-state index in [2.05, 4.69) is 13.6 Å². The summed E-state index contributed by atoms with van der Waals surface area (Å²) in [6.45, 7) is 3.89. The summed E-state index contributed by atoms with van der Waals surface area (Å²) in [6.07, 6.45) is -7.63. The summed E-state index contributed by atoms with van der Waals surface area (Å²) in [5.74, 6) is -1.71. The molecule has 248 valence electrons. The molecule has 3 heterocycles. The second-order valence-corrected chi connectivity index (χ2v) is 13.5. The Balaban J connectivity index is 1.09. The Morgan fingerprint density at radius 3 is 2.17 bits per heavy atom. The van der Waals surface area contributed by atoms with E-state index in [9.17, 15) is 44.3 Å². The highest BCUT2D eigenvalue weighted by molar-refractivity contribution is 7.89. The van der Waals surface area contributed by atoms with E-state index in [0.717, 1.165) is 31.1 Å². The first kappa shape index (κ1) is 33.9. The van der Waals surface area contributed by atoms with Crippen molar-refractivity contribution in [3.63, 3.8) is 0 Å². The molecule has 5 rings (SSSR count). The van der Waals surface area contributed by atoms with Gasteiger partial charge in [0.05, 0.1) is 28.5 Å². The number of carbonyl (C=O) groups is 2. The van der Waals surface area contributed by atoms with Gasteiger partial charge in [0.15, 0.2) is 0 Å². The minimum absolute atomic E-state index is 0.0496. The third-order valence-corrected chi connectivity index (χ3v) is 10.6. The van der Waals surface area contributed by atoms with Crippen molar-refractivity contribution in [2.45, 2.75) is 56.3 Å². The van der Waals surface area contributed by atoms with Gasteiger partial charge in [-0.05, 0) is 63.1 Å². The smallest absolute Gasteiger partial charge is 0.301 e. The quantitative estimate of drug-likeness (QED) is 0.149. The molecule has 0 spiro atoms. The van der Waals surface area contributed by atoms with Gasteiger partial charge >= 0.3 is 12.4 Å². The number of hydrogen-bond acceptors (Lipinski definition) is 8. The van der Waals surface area contributed by atoms with Gasteiger partial charge in [-0.25, -0.2) is 13.3 Å². The van der Waals surface area contributed by atoms with Crippen molar-refractivity contribution in [3.8, 4) is 0 Å². The number of alkyl halides is 6. The number of nitrogens with zero attached hydrogens (tertiary/aromatic N) is 5. The molecule has 1 fully saturated rings. The van der Waals surface area contributed by atoms with Crippen molar-refractivity contribution in [1.82, 2.24) is 18.0 Å². The van der Waals surface area contributed by atoms with Crippen LogP contribution in [0.1, 0.15) is 50.2 Å². The average Bonchev–Trinajstić information content (AvgIpc) is 3.56. The summed E-state index contributed by atoms with van der Waals surface area (Å²) in [7, 11) is -3.72. The summed E-state index contributed by atoms with van der Waals surface area (Å²) < 4.78 is 116. The molecule has 2 aromatic carbocycles. The molecular formula is C29H29F6N5O4S2. The van der Waals surface area contributed by atoms with Crippen molar-refractivity contribution in [1.29, 1.82) is 0 Å². The largest absolute Gasteiger partial charge is 0.417 e. The van der Waals surface area contributed by atoms with Gasteiger partial charge in [-0.2, -0.15) is 39.4 Å². The van der Waals surface area contributed by atoms with Crippen molar-refractivity contribution in [2.24, 2.45) is 0 Å². The molecule has 0 bridgehead atoms. The van der Waals surface area contributed by atoms with E-state index in [-0.39, 0.29) is 34.6 Å². The maximum Gasteiger partial charge on any atom is 0.417 e. The normalized spacial score (nSPS) is 17.6. The number of imide groups is 1. The molecule has 0 saturated carbocycles. The number of sulfonamides is 1. The molecule has 2 amide bonds. The van der Waals surface area contributed by atoms with E-state index in [4.69, 9.17) is 0 Å². The zero-order chi connectivity index (χ0) is 33.4. The number of benzene rings is 2. The van der Waals surface area contributed by atoms with Gasteiger partial charge < -0.3 is 4.90 Å². The molecule has 0 radical (unpaired) electrons. The molecule has 2 aliphatic heterocycles. The van der Waals surface area contributed by atoms with Crippen molar-refractivity contribution in [3.05, 3.63) is 58.7 Å². The summed E-state index contributed by atoms with van der Waals surface area (Å²) in [6, 6.07) is 6.00. The molecular weight excluding hydrogens is 660 g/mol. The topological polar surface area (TPSA) is 104 Å². The maximum atomic E-state index is 13.4. The molecule has 0 aliphatic carbocycles. The van der Waals surface area contributed by atoms with Gasteiger partial charge in [-0.1, -0.05) is 18.9 Å². The fourth-order valence-electron chi connectivity index (χ4n) is 5.68. The van der Waals surface area contributed by atoms with Crippen LogP contribution in [0.15, 0.2) is 52.4 Å². The molecule has 1 aromatic heterocycles. The second-order valence-electron chi connectivity index (χ2n) is 11.1.